The highest BCUT2D eigenvalue weighted by molar-refractivity contribution is 7.92. The van der Waals surface area contributed by atoms with Gasteiger partial charge in [0.15, 0.2) is 20.7 Å². The highest BCUT2D eigenvalue weighted by atomic mass is 32.2. The van der Waals surface area contributed by atoms with Gasteiger partial charge in [0.05, 0.1) is 22.9 Å². The van der Waals surface area contributed by atoms with Crippen LogP contribution in [0.1, 0.15) is 44.1 Å². The summed E-state index contributed by atoms with van der Waals surface area (Å²) in [7, 11) is -1.48. The zero-order valence-electron chi connectivity index (χ0n) is 21.5. The Kier molecular flexibility index (Phi) is 8.40. The third kappa shape index (κ3) is 6.72. The third-order valence-corrected chi connectivity index (χ3v) is 9.71. The van der Waals surface area contributed by atoms with Crippen molar-refractivity contribution in [2.45, 2.75) is 60.9 Å². The van der Waals surface area contributed by atoms with Gasteiger partial charge in [0.2, 0.25) is 5.88 Å². The zero-order chi connectivity index (χ0) is 27.4. The van der Waals surface area contributed by atoms with Gasteiger partial charge in [-0.15, -0.1) is 0 Å². The van der Waals surface area contributed by atoms with Crippen molar-refractivity contribution >= 4 is 48.3 Å². The summed E-state index contributed by atoms with van der Waals surface area (Å²) in [6.45, 7) is 1.37. The summed E-state index contributed by atoms with van der Waals surface area (Å²) in [5.74, 6) is -0.0790. The minimum absolute atomic E-state index is 0.0208. The lowest BCUT2D eigenvalue weighted by molar-refractivity contribution is -0.110. The molecule has 5 rings (SSSR count). The standard InChI is InChI=1S/C26H31N5O6S2/c1-27-13-2-14-36-22-12-11-21-25(29-22)38-26(28-21)30-24(33)23(31-37-18-6-5-17(32)15-18)16-3-7-19(8-4-16)39(34,35)20-9-10-20/h3-4,7-8,11-12,17-18,20,27,32H,2,5-6,9-10,13-15H2,1H3,(H,28,30,33)/t17-,18-/m1/s1. The number of carbonyl (C=O) groups excluding carboxylic acids is 1. The topological polar surface area (TPSA) is 152 Å². The van der Waals surface area contributed by atoms with Crippen molar-refractivity contribution in [1.29, 1.82) is 0 Å². The van der Waals surface area contributed by atoms with E-state index in [9.17, 15) is 18.3 Å². The summed E-state index contributed by atoms with van der Waals surface area (Å²) in [5, 5.41) is 19.8. The maximum absolute atomic E-state index is 13.4. The average Bonchev–Trinajstić information content (AvgIpc) is 3.60. The molecule has 13 heteroatoms. The second-order valence-electron chi connectivity index (χ2n) is 9.66. The van der Waals surface area contributed by atoms with E-state index in [1.807, 2.05) is 7.05 Å². The Morgan fingerprint density at radius 2 is 1.92 bits per heavy atom. The molecule has 0 radical (unpaired) electrons. The fourth-order valence-corrected chi connectivity index (χ4v) is 6.74. The van der Waals surface area contributed by atoms with E-state index in [1.165, 1.54) is 23.5 Å². The number of amides is 1. The van der Waals surface area contributed by atoms with Gasteiger partial charge in [0, 0.05) is 18.1 Å². The van der Waals surface area contributed by atoms with Crippen LogP contribution in [0.25, 0.3) is 10.3 Å². The number of aliphatic hydroxyl groups is 1. The molecule has 0 unspecified atom stereocenters. The number of fused-ring (bicyclic) bond motifs is 1. The maximum Gasteiger partial charge on any atom is 0.280 e. The smallest absolute Gasteiger partial charge is 0.280 e. The van der Waals surface area contributed by atoms with Crippen LogP contribution in [0.4, 0.5) is 5.13 Å². The van der Waals surface area contributed by atoms with Gasteiger partial charge in [0.25, 0.3) is 5.91 Å². The lowest BCUT2D eigenvalue weighted by Gasteiger charge is -2.11. The quantitative estimate of drug-likeness (QED) is 0.169. The lowest BCUT2D eigenvalue weighted by atomic mass is 10.1. The molecular formula is C26H31N5O6S2. The van der Waals surface area contributed by atoms with Crippen molar-refractivity contribution in [3.63, 3.8) is 0 Å². The van der Waals surface area contributed by atoms with Crippen molar-refractivity contribution in [2.75, 3.05) is 25.5 Å². The third-order valence-electron chi connectivity index (χ3n) is 6.56. The number of ether oxygens (including phenoxy) is 1. The van der Waals surface area contributed by atoms with Gasteiger partial charge < -0.3 is 20.0 Å². The Morgan fingerprint density at radius 1 is 1.13 bits per heavy atom. The van der Waals surface area contributed by atoms with Crippen molar-refractivity contribution in [3.8, 4) is 5.88 Å². The van der Waals surface area contributed by atoms with Crippen LogP contribution in [-0.4, -0.2) is 72.8 Å². The first-order chi connectivity index (χ1) is 18.8. The van der Waals surface area contributed by atoms with Crippen LogP contribution in [0, 0.1) is 0 Å². The number of oxime groups is 1. The van der Waals surface area contributed by atoms with E-state index >= 15 is 0 Å². The van der Waals surface area contributed by atoms with Crippen LogP contribution < -0.4 is 15.4 Å². The molecule has 208 valence electrons. The molecule has 2 saturated carbocycles. The lowest BCUT2D eigenvalue weighted by Crippen LogP contribution is -2.25. The van der Waals surface area contributed by atoms with Gasteiger partial charge in [-0.1, -0.05) is 28.6 Å². The molecule has 2 aliphatic carbocycles. The Labute approximate surface area is 230 Å². The molecule has 2 heterocycles. The van der Waals surface area contributed by atoms with Crippen LogP contribution in [0.15, 0.2) is 46.4 Å². The molecule has 2 aromatic heterocycles. The number of thiazole rings is 1. The number of nitrogens with one attached hydrogen (secondary N) is 2. The van der Waals surface area contributed by atoms with Crippen LogP contribution >= 0.6 is 11.3 Å². The number of nitrogens with zero attached hydrogens (tertiary/aromatic N) is 3. The number of pyridine rings is 1. The molecule has 1 aromatic carbocycles. The van der Waals surface area contributed by atoms with Crippen LogP contribution in [-0.2, 0) is 19.5 Å². The molecule has 1 amide bonds. The van der Waals surface area contributed by atoms with Gasteiger partial charge >= 0.3 is 0 Å². The van der Waals surface area contributed by atoms with E-state index in [2.05, 4.69) is 25.8 Å². The van der Waals surface area contributed by atoms with Gasteiger partial charge in [-0.05, 0) is 63.9 Å². The van der Waals surface area contributed by atoms with E-state index in [0.29, 0.717) is 65.6 Å². The Morgan fingerprint density at radius 3 is 2.62 bits per heavy atom. The van der Waals surface area contributed by atoms with E-state index in [4.69, 9.17) is 9.57 Å². The molecule has 3 N–H and O–H groups in total. The first-order valence-electron chi connectivity index (χ1n) is 13.0. The molecule has 0 saturated heterocycles. The predicted octanol–water partition coefficient (Wildman–Crippen LogP) is 2.89. The minimum atomic E-state index is -3.36. The molecule has 0 aliphatic heterocycles. The van der Waals surface area contributed by atoms with Crippen LogP contribution in [0.2, 0.25) is 0 Å². The summed E-state index contributed by atoms with van der Waals surface area (Å²) < 4.78 is 30.9. The number of sulfone groups is 1. The summed E-state index contributed by atoms with van der Waals surface area (Å²) in [4.78, 5) is 28.7. The van der Waals surface area contributed by atoms with Crippen molar-refractivity contribution in [1.82, 2.24) is 15.3 Å². The summed E-state index contributed by atoms with van der Waals surface area (Å²) >= 11 is 1.20. The van der Waals surface area contributed by atoms with Gasteiger partial charge in [-0.25, -0.2) is 18.4 Å². The predicted molar refractivity (Wildman–Crippen MR) is 148 cm³/mol. The molecule has 0 spiro atoms. The zero-order valence-corrected chi connectivity index (χ0v) is 23.1. The number of hydrogen-bond donors (Lipinski definition) is 3. The maximum atomic E-state index is 13.4. The second kappa shape index (κ2) is 11.9. The highest BCUT2D eigenvalue weighted by Crippen LogP contribution is 2.33. The van der Waals surface area contributed by atoms with Gasteiger partial charge in [0.1, 0.15) is 16.5 Å². The molecule has 2 atom stereocenters. The van der Waals surface area contributed by atoms with E-state index in [-0.39, 0.29) is 22.0 Å². The van der Waals surface area contributed by atoms with Crippen molar-refractivity contribution in [2.24, 2.45) is 5.16 Å². The van der Waals surface area contributed by atoms with Gasteiger partial charge in [-0.2, -0.15) is 0 Å². The van der Waals surface area contributed by atoms with Gasteiger partial charge in [-0.3, -0.25) is 10.1 Å². The second-order valence-corrected chi connectivity index (χ2v) is 12.9. The first kappa shape index (κ1) is 27.4. The number of benzene rings is 1. The number of carbonyl (C=O) groups is 1. The van der Waals surface area contributed by atoms with Crippen LogP contribution in [0.3, 0.4) is 0 Å². The Bertz CT molecular complexity index is 1450. The molecule has 0 bridgehead atoms. The number of anilines is 1. The SMILES string of the molecule is CNCCCOc1ccc2nc(NC(=O)C(=NO[C@@H]3CC[C@@H](O)C3)c3ccc(S(=O)(=O)C4CC4)cc3)sc2n1. The molecule has 3 aromatic rings. The van der Waals surface area contributed by atoms with Crippen molar-refractivity contribution in [3.05, 3.63) is 42.0 Å². The highest BCUT2D eigenvalue weighted by Gasteiger charge is 2.37. The van der Waals surface area contributed by atoms with Crippen LogP contribution in [0.5, 0.6) is 5.88 Å². The van der Waals surface area contributed by atoms with E-state index in [1.54, 1.807) is 24.3 Å². The number of aromatic nitrogens is 2. The summed E-state index contributed by atoms with van der Waals surface area (Å²) in [6.07, 6.45) is 3.08. The molecule has 39 heavy (non-hydrogen) atoms. The fraction of sp³-hybridized carbons (Fsp3) is 0.462. The van der Waals surface area contributed by atoms with E-state index < -0.39 is 21.8 Å². The average molecular weight is 574 g/mol. The number of rotatable bonds is 12. The number of hydrogen-bond acceptors (Lipinski definition) is 11. The summed E-state index contributed by atoms with van der Waals surface area (Å²) in [5.41, 5.74) is 0.993. The van der Waals surface area contributed by atoms with E-state index in [0.717, 1.165) is 13.0 Å². The fourth-order valence-electron chi connectivity index (χ4n) is 4.25. The number of aliphatic hydroxyl groups excluding tert-OH is 1. The minimum Gasteiger partial charge on any atom is -0.478 e. The monoisotopic (exact) mass is 573 g/mol. The van der Waals surface area contributed by atoms with Crippen molar-refractivity contribution < 1.29 is 27.9 Å². The first-order valence-corrected chi connectivity index (χ1v) is 15.3. The molecule has 2 fully saturated rings. The molecular weight excluding hydrogens is 542 g/mol. The molecule has 11 nitrogen and oxygen atoms in total. The normalized spacial score (nSPS) is 19.8. The largest absolute Gasteiger partial charge is 0.478 e. The summed E-state index contributed by atoms with van der Waals surface area (Å²) in [6, 6.07) is 9.61. The molecule has 2 aliphatic rings. The Hall–Kier alpha value is -3.13. The Balaban J connectivity index is 1.34.